The lowest BCUT2D eigenvalue weighted by molar-refractivity contribution is -0.121. The van der Waals surface area contributed by atoms with E-state index in [1.165, 1.54) is 6.92 Å². The minimum absolute atomic E-state index is 0.0343. The Hall–Kier alpha value is -2.27. The van der Waals surface area contributed by atoms with Gasteiger partial charge in [-0.25, -0.2) is 0 Å². The lowest BCUT2D eigenvalue weighted by Crippen LogP contribution is -2.38. The number of fused-ring (bicyclic) bond motifs is 1. The molecule has 2 amide bonds. The highest BCUT2D eigenvalue weighted by Gasteiger charge is 2.26. The Labute approximate surface area is 152 Å². The van der Waals surface area contributed by atoms with E-state index < -0.39 is 0 Å². The van der Waals surface area contributed by atoms with Crippen LogP contribution < -0.4 is 10.2 Å². The van der Waals surface area contributed by atoms with Crippen LogP contribution in [0.3, 0.4) is 0 Å². The normalized spacial score (nSPS) is 14.6. The molecule has 3 rings (SSSR count). The van der Waals surface area contributed by atoms with Gasteiger partial charge in [0.2, 0.25) is 11.8 Å². The number of amides is 2. The molecule has 0 spiro atoms. The van der Waals surface area contributed by atoms with Gasteiger partial charge in [0.05, 0.1) is 18.2 Å². The van der Waals surface area contributed by atoms with E-state index in [1.807, 2.05) is 60.4 Å². The first kappa shape index (κ1) is 17.5. The molecule has 0 fully saturated rings. The van der Waals surface area contributed by atoms with Gasteiger partial charge >= 0.3 is 0 Å². The minimum atomic E-state index is -0.313. The Morgan fingerprint density at radius 2 is 1.88 bits per heavy atom. The van der Waals surface area contributed by atoms with E-state index in [9.17, 15) is 9.59 Å². The monoisotopic (exact) mass is 354 g/mol. The summed E-state index contributed by atoms with van der Waals surface area (Å²) in [6.07, 6.45) is 0.252. The molecule has 1 heterocycles. The molecule has 2 aromatic rings. The molecule has 0 aromatic heterocycles. The summed E-state index contributed by atoms with van der Waals surface area (Å²) in [5, 5.41) is 2.92. The van der Waals surface area contributed by atoms with Crippen LogP contribution in [-0.2, 0) is 9.59 Å². The predicted molar refractivity (Wildman–Crippen MR) is 102 cm³/mol. The van der Waals surface area contributed by atoms with Gasteiger partial charge in [-0.15, -0.1) is 11.8 Å². The van der Waals surface area contributed by atoms with Crippen LogP contribution in [0, 0.1) is 6.92 Å². The number of thioether (sulfide) groups is 1. The van der Waals surface area contributed by atoms with Crippen LogP contribution in [-0.4, -0.2) is 24.1 Å². The van der Waals surface area contributed by atoms with Crippen LogP contribution in [0.2, 0.25) is 0 Å². The summed E-state index contributed by atoms with van der Waals surface area (Å²) in [6.45, 7) is 4.20. The number of carbonyl (C=O) groups excluding carboxylic acids is 2. The van der Waals surface area contributed by atoms with Crippen molar-refractivity contribution in [2.24, 2.45) is 0 Å². The van der Waals surface area contributed by atoms with E-state index in [1.54, 1.807) is 11.8 Å². The van der Waals surface area contributed by atoms with Gasteiger partial charge in [-0.05, 0) is 24.6 Å². The molecule has 130 valence electrons. The molecule has 0 aliphatic carbocycles. The largest absolute Gasteiger partial charge is 0.349 e. The fraction of sp³-hybridized carbons (Fsp3) is 0.300. The lowest BCUT2D eigenvalue weighted by atomic mass is 10.0. The summed E-state index contributed by atoms with van der Waals surface area (Å²) >= 11 is 1.77. The Bertz CT molecular complexity index is 774. The maximum absolute atomic E-state index is 13.0. The smallest absolute Gasteiger partial charge is 0.229 e. The number of hydrogen-bond donors (Lipinski definition) is 1. The van der Waals surface area contributed by atoms with Crippen molar-refractivity contribution in [3.63, 3.8) is 0 Å². The highest BCUT2D eigenvalue weighted by atomic mass is 32.2. The predicted octanol–water partition coefficient (Wildman–Crippen LogP) is 3.70. The number of carbonyl (C=O) groups is 2. The van der Waals surface area contributed by atoms with Gasteiger partial charge in [0.1, 0.15) is 0 Å². The van der Waals surface area contributed by atoms with E-state index in [0.717, 1.165) is 27.5 Å². The second-order valence-electron chi connectivity index (χ2n) is 6.23. The standard InChI is InChI=1S/C20H22N2O2S/c1-14-7-9-16(10-8-14)17(21-15(2)23)13-20(24)22-11-12-25-19-6-4-3-5-18(19)22/h3-10,17H,11-13H2,1-2H3,(H,21,23). The van der Waals surface area contributed by atoms with Crippen LogP contribution in [0.4, 0.5) is 5.69 Å². The van der Waals surface area contributed by atoms with Gasteiger partial charge in [0.25, 0.3) is 0 Å². The molecular weight excluding hydrogens is 332 g/mol. The maximum Gasteiger partial charge on any atom is 0.229 e. The number of benzene rings is 2. The molecule has 1 aliphatic rings. The van der Waals surface area contributed by atoms with E-state index in [-0.39, 0.29) is 24.3 Å². The first-order valence-corrected chi connectivity index (χ1v) is 9.39. The molecule has 1 aliphatic heterocycles. The van der Waals surface area contributed by atoms with Crippen molar-refractivity contribution in [1.82, 2.24) is 5.32 Å². The molecule has 1 unspecified atom stereocenters. The highest BCUT2D eigenvalue weighted by molar-refractivity contribution is 7.99. The van der Waals surface area contributed by atoms with E-state index in [0.29, 0.717) is 6.54 Å². The van der Waals surface area contributed by atoms with Crippen molar-refractivity contribution >= 4 is 29.3 Å². The second kappa shape index (κ2) is 7.74. The van der Waals surface area contributed by atoms with Crippen molar-refractivity contribution in [2.45, 2.75) is 31.2 Å². The average molecular weight is 354 g/mol. The highest BCUT2D eigenvalue weighted by Crippen LogP contribution is 2.35. The number of anilines is 1. The van der Waals surface area contributed by atoms with Gasteiger partial charge in [-0.1, -0.05) is 42.0 Å². The third kappa shape index (κ3) is 4.23. The summed E-state index contributed by atoms with van der Waals surface area (Å²) in [5.74, 6) is 0.790. The lowest BCUT2D eigenvalue weighted by Gasteiger charge is -2.30. The topological polar surface area (TPSA) is 49.4 Å². The zero-order valence-electron chi connectivity index (χ0n) is 14.5. The summed E-state index contributed by atoms with van der Waals surface area (Å²) in [6, 6.07) is 15.6. The first-order chi connectivity index (χ1) is 12.0. The molecule has 0 bridgehead atoms. The Morgan fingerprint density at radius 1 is 1.16 bits per heavy atom. The van der Waals surface area contributed by atoms with Crippen molar-refractivity contribution in [3.8, 4) is 0 Å². The fourth-order valence-electron chi connectivity index (χ4n) is 3.01. The number of hydrogen-bond acceptors (Lipinski definition) is 3. The molecule has 0 saturated heterocycles. The van der Waals surface area contributed by atoms with Crippen molar-refractivity contribution in [2.75, 3.05) is 17.2 Å². The molecule has 1 N–H and O–H groups in total. The van der Waals surface area contributed by atoms with Crippen molar-refractivity contribution in [3.05, 3.63) is 59.7 Å². The third-order valence-corrected chi connectivity index (χ3v) is 5.31. The van der Waals surface area contributed by atoms with Crippen LogP contribution in [0.15, 0.2) is 53.4 Å². The number of aryl methyl sites for hydroxylation is 1. The molecule has 5 heteroatoms. The number of para-hydroxylation sites is 1. The van der Waals surface area contributed by atoms with Crippen LogP contribution in [0.25, 0.3) is 0 Å². The zero-order chi connectivity index (χ0) is 17.8. The molecule has 0 radical (unpaired) electrons. The number of rotatable bonds is 4. The number of nitrogens with zero attached hydrogens (tertiary/aromatic N) is 1. The third-order valence-electron chi connectivity index (χ3n) is 4.27. The van der Waals surface area contributed by atoms with E-state index in [4.69, 9.17) is 0 Å². The number of nitrogens with one attached hydrogen (secondary N) is 1. The molecule has 1 atom stereocenters. The van der Waals surface area contributed by atoms with E-state index in [2.05, 4.69) is 5.32 Å². The Kier molecular flexibility index (Phi) is 5.43. The van der Waals surface area contributed by atoms with Crippen molar-refractivity contribution < 1.29 is 9.59 Å². The minimum Gasteiger partial charge on any atom is -0.349 e. The Balaban J connectivity index is 1.81. The molecular formula is C20H22N2O2S. The van der Waals surface area contributed by atoms with Gasteiger partial charge in [-0.3, -0.25) is 9.59 Å². The molecule has 4 nitrogen and oxygen atoms in total. The summed E-state index contributed by atoms with van der Waals surface area (Å²) in [4.78, 5) is 27.5. The van der Waals surface area contributed by atoms with Crippen LogP contribution >= 0.6 is 11.8 Å². The molecule has 0 saturated carbocycles. The fourth-order valence-corrected chi connectivity index (χ4v) is 4.00. The molecule has 2 aromatic carbocycles. The first-order valence-electron chi connectivity index (χ1n) is 8.40. The summed E-state index contributed by atoms with van der Waals surface area (Å²) < 4.78 is 0. The maximum atomic E-state index is 13.0. The van der Waals surface area contributed by atoms with Crippen molar-refractivity contribution in [1.29, 1.82) is 0 Å². The van der Waals surface area contributed by atoms with Gasteiger partial charge in [0.15, 0.2) is 0 Å². The Morgan fingerprint density at radius 3 is 2.60 bits per heavy atom. The summed E-state index contributed by atoms with van der Waals surface area (Å²) in [5.41, 5.74) is 3.07. The SMILES string of the molecule is CC(=O)NC(CC(=O)N1CCSc2ccccc21)c1ccc(C)cc1. The van der Waals surface area contributed by atoms with Crippen LogP contribution in [0.5, 0.6) is 0 Å². The van der Waals surface area contributed by atoms with Crippen LogP contribution in [0.1, 0.15) is 30.5 Å². The average Bonchev–Trinajstić information content (AvgIpc) is 2.61. The quantitative estimate of drug-likeness (QED) is 0.911. The summed E-state index contributed by atoms with van der Waals surface area (Å²) in [7, 11) is 0. The van der Waals surface area contributed by atoms with E-state index >= 15 is 0 Å². The van der Waals surface area contributed by atoms with Gasteiger partial charge in [0, 0.05) is 24.1 Å². The zero-order valence-corrected chi connectivity index (χ0v) is 15.3. The van der Waals surface area contributed by atoms with Gasteiger partial charge in [-0.2, -0.15) is 0 Å². The van der Waals surface area contributed by atoms with Gasteiger partial charge < -0.3 is 10.2 Å². The second-order valence-corrected chi connectivity index (χ2v) is 7.37. The molecule has 25 heavy (non-hydrogen) atoms.